The van der Waals surface area contributed by atoms with Crippen molar-refractivity contribution in [3.8, 4) is 0 Å². The molecule has 2 unspecified atom stereocenters. The molecule has 1 aliphatic carbocycles. The molecule has 0 aromatic heterocycles. The van der Waals surface area contributed by atoms with Gasteiger partial charge in [-0.25, -0.2) is 0 Å². The second-order valence-electron chi connectivity index (χ2n) is 5.19. The zero-order valence-corrected chi connectivity index (χ0v) is 10.9. The van der Waals surface area contributed by atoms with E-state index in [0.717, 1.165) is 0 Å². The predicted octanol–water partition coefficient (Wildman–Crippen LogP) is 2.52. The Bertz CT molecular complexity index is 358. The molecule has 0 saturated heterocycles. The van der Waals surface area contributed by atoms with Crippen molar-refractivity contribution in [1.82, 2.24) is 0 Å². The smallest absolute Gasteiger partial charge is 0.313 e. The average molecular weight is 236 g/mol. The maximum Gasteiger partial charge on any atom is 0.313 e. The third-order valence-electron chi connectivity index (χ3n) is 2.74. The Morgan fingerprint density at radius 3 is 2.12 bits per heavy atom. The lowest BCUT2D eigenvalue weighted by molar-refractivity contribution is -0.150. The van der Waals surface area contributed by atoms with Gasteiger partial charge in [-0.3, -0.25) is 9.59 Å². The molecule has 0 aromatic rings. The highest BCUT2D eigenvalue weighted by atomic mass is 16.5. The lowest BCUT2D eigenvalue weighted by Crippen LogP contribution is -2.36. The minimum absolute atomic E-state index is 0.0659. The quantitative estimate of drug-likeness (QED) is 0.707. The number of ketones is 1. The van der Waals surface area contributed by atoms with Crippen molar-refractivity contribution < 1.29 is 14.3 Å². The van der Waals surface area contributed by atoms with E-state index in [-0.39, 0.29) is 11.8 Å². The fourth-order valence-corrected chi connectivity index (χ4v) is 1.82. The van der Waals surface area contributed by atoms with E-state index in [0.29, 0.717) is 6.61 Å². The van der Waals surface area contributed by atoms with Crippen LogP contribution in [0.1, 0.15) is 27.7 Å². The SMILES string of the molecule is CCOC(=O)C1C=CC=CC1C(=O)C(C)(C)C. The van der Waals surface area contributed by atoms with Gasteiger partial charge in [0, 0.05) is 5.41 Å². The van der Waals surface area contributed by atoms with E-state index in [4.69, 9.17) is 4.74 Å². The first-order valence-corrected chi connectivity index (χ1v) is 5.94. The van der Waals surface area contributed by atoms with E-state index < -0.39 is 17.3 Å². The lowest BCUT2D eigenvalue weighted by Gasteiger charge is -2.27. The molecule has 0 N–H and O–H groups in total. The molecule has 0 aromatic carbocycles. The second kappa shape index (κ2) is 5.30. The van der Waals surface area contributed by atoms with E-state index in [1.165, 1.54) is 0 Å². The van der Waals surface area contributed by atoms with Gasteiger partial charge in [-0.1, -0.05) is 45.1 Å². The molecule has 94 valence electrons. The summed E-state index contributed by atoms with van der Waals surface area (Å²) in [5, 5.41) is 0. The van der Waals surface area contributed by atoms with Crippen LogP contribution in [0.4, 0.5) is 0 Å². The summed E-state index contributed by atoms with van der Waals surface area (Å²) in [6, 6.07) is 0. The Morgan fingerprint density at radius 1 is 1.12 bits per heavy atom. The summed E-state index contributed by atoms with van der Waals surface area (Å²) in [5.74, 6) is -1.14. The Hall–Kier alpha value is -1.38. The van der Waals surface area contributed by atoms with Crippen LogP contribution in [0.5, 0.6) is 0 Å². The molecule has 3 heteroatoms. The minimum atomic E-state index is -0.480. The summed E-state index contributed by atoms with van der Waals surface area (Å²) < 4.78 is 5.00. The summed E-state index contributed by atoms with van der Waals surface area (Å²) in [5.41, 5.74) is -0.453. The molecule has 0 bridgehead atoms. The molecular weight excluding hydrogens is 216 g/mol. The third kappa shape index (κ3) is 3.29. The van der Waals surface area contributed by atoms with Crippen LogP contribution in [-0.2, 0) is 14.3 Å². The van der Waals surface area contributed by atoms with Crippen molar-refractivity contribution in [2.45, 2.75) is 27.7 Å². The average Bonchev–Trinajstić information content (AvgIpc) is 2.27. The molecular formula is C14H20O3. The molecule has 0 spiro atoms. The first-order valence-electron chi connectivity index (χ1n) is 5.94. The summed E-state index contributed by atoms with van der Waals surface area (Å²) in [6.07, 6.45) is 7.12. The predicted molar refractivity (Wildman–Crippen MR) is 66.4 cm³/mol. The van der Waals surface area contributed by atoms with Crippen LogP contribution in [0.2, 0.25) is 0 Å². The first kappa shape index (κ1) is 13.7. The zero-order chi connectivity index (χ0) is 13.1. The van der Waals surface area contributed by atoms with Crippen LogP contribution < -0.4 is 0 Å². The Kier molecular flexibility index (Phi) is 4.27. The van der Waals surface area contributed by atoms with Crippen LogP contribution in [0, 0.1) is 17.3 Å². The van der Waals surface area contributed by atoms with Crippen molar-refractivity contribution >= 4 is 11.8 Å². The van der Waals surface area contributed by atoms with E-state index >= 15 is 0 Å². The number of allylic oxidation sites excluding steroid dienone is 3. The molecule has 1 rings (SSSR count). The number of esters is 1. The first-order chi connectivity index (χ1) is 7.88. The van der Waals surface area contributed by atoms with Gasteiger partial charge in [0.15, 0.2) is 0 Å². The van der Waals surface area contributed by atoms with Gasteiger partial charge in [0.2, 0.25) is 0 Å². The highest BCUT2D eigenvalue weighted by Crippen LogP contribution is 2.29. The molecule has 0 heterocycles. The molecule has 0 fully saturated rings. The van der Waals surface area contributed by atoms with Gasteiger partial charge >= 0.3 is 5.97 Å². The Morgan fingerprint density at radius 2 is 1.65 bits per heavy atom. The molecule has 0 aliphatic heterocycles. The monoisotopic (exact) mass is 236 g/mol. The number of carbonyl (C=O) groups excluding carboxylic acids is 2. The van der Waals surface area contributed by atoms with E-state index in [1.807, 2.05) is 26.8 Å². The fraction of sp³-hybridized carbons (Fsp3) is 0.571. The van der Waals surface area contributed by atoms with Crippen molar-refractivity contribution in [3.63, 3.8) is 0 Å². The van der Waals surface area contributed by atoms with Gasteiger partial charge in [0.05, 0.1) is 18.4 Å². The van der Waals surface area contributed by atoms with Gasteiger partial charge in [0.25, 0.3) is 0 Å². The summed E-state index contributed by atoms with van der Waals surface area (Å²) >= 11 is 0. The third-order valence-corrected chi connectivity index (χ3v) is 2.74. The highest BCUT2D eigenvalue weighted by Gasteiger charge is 2.37. The molecule has 2 atom stereocenters. The zero-order valence-electron chi connectivity index (χ0n) is 10.9. The van der Waals surface area contributed by atoms with Gasteiger partial charge in [-0.2, -0.15) is 0 Å². The fourth-order valence-electron chi connectivity index (χ4n) is 1.82. The van der Waals surface area contributed by atoms with Gasteiger partial charge in [0.1, 0.15) is 5.78 Å². The summed E-state index contributed by atoms with van der Waals surface area (Å²) in [4.78, 5) is 24.0. The lowest BCUT2D eigenvalue weighted by atomic mass is 9.75. The number of hydrogen-bond donors (Lipinski definition) is 0. The van der Waals surface area contributed by atoms with Crippen LogP contribution in [0.25, 0.3) is 0 Å². The van der Waals surface area contributed by atoms with Crippen LogP contribution in [0.3, 0.4) is 0 Å². The minimum Gasteiger partial charge on any atom is -0.466 e. The maximum atomic E-state index is 12.2. The van der Waals surface area contributed by atoms with Crippen LogP contribution in [-0.4, -0.2) is 18.4 Å². The van der Waals surface area contributed by atoms with E-state index in [9.17, 15) is 9.59 Å². The summed E-state index contributed by atoms with van der Waals surface area (Å²) in [7, 11) is 0. The van der Waals surface area contributed by atoms with Gasteiger partial charge in [-0.15, -0.1) is 0 Å². The maximum absolute atomic E-state index is 12.2. The number of rotatable bonds is 3. The van der Waals surface area contributed by atoms with Crippen molar-refractivity contribution in [1.29, 1.82) is 0 Å². The van der Waals surface area contributed by atoms with Crippen LogP contribution in [0.15, 0.2) is 24.3 Å². The summed E-state index contributed by atoms with van der Waals surface area (Å²) in [6.45, 7) is 7.70. The van der Waals surface area contributed by atoms with E-state index in [2.05, 4.69) is 0 Å². The molecule has 3 nitrogen and oxygen atoms in total. The Labute approximate surface area is 103 Å². The van der Waals surface area contributed by atoms with Crippen molar-refractivity contribution in [2.75, 3.05) is 6.61 Å². The largest absolute Gasteiger partial charge is 0.466 e. The van der Waals surface area contributed by atoms with E-state index in [1.54, 1.807) is 25.2 Å². The van der Waals surface area contributed by atoms with Crippen molar-refractivity contribution in [2.24, 2.45) is 17.3 Å². The Balaban J connectivity index is 2.89. The molecule has 0 radical (unpaired) electrons. The van der Waals surface area contributed by atoms with Gasteiger partial charge in [-0.05, 0) is 6.92 Å². The number of Topliss-reactive ketones (excluding diaryl/α,β-unsaturated/α-hetero) is 1. The topological polar surface area (TPSA) is 43.4 Å². The second-order valence-corrected chi connectivity index (χ2v) is 5.19. The number of ether oxygens (including phenoxy) is 1. The molecule has 1 aliphatic rings. The normalized spacial score (nSPS) is 23.5. The standard InChI is InChI=1S/C14H20O3/c1-5-17-13(16)11-9-7-6-8-10(11)12(15)14(2,3)4/h6-11H,5H2,1-4H3. The number of carbonyl (C=O) groups is 2. The van der Waals surface area contributed by atoms with Crippen LogP contribution >= 0.6 is 0 Å². The highest BCUT2D eigenvalue weighted by molar-refractivity contribution is 5.92. The molecule has 0 saturated carbocycles. The molecule has 0 amide bonds. The van der Waals surface area contributed by atoms with Crippen molar-refractivity contribution in [3.05, 3.63) is 24.3 Å². The van der Waals surface area contributed by atoms with Gasteiger partial charge < -0.3 is 4.74 Å². The number of hydrogen-bond acceptors (Lipinski definition) is 3. The molecule has 17 heavy (non-hydrogen) atoms.